The normalized spacial score (nSPS) is 12.1. The van der Waals surface area contributed by atoms with E-state index in [1.165, 1.54) is 25.5 Å². The van der Waals surface area contributed by atoms with Crippen molar-refractivity contribution in [2.45, 2.75) is 32.6 Å². The molecule has 0 saturated carbocycles. The van der Waals surface area contributed by atoms with E-state index in [2.05, 4.69) is 11.6 Å². The summed E-state index contributed by atoms with van der Waals surface area (Å²) in [5.41, 5.74) is 0. The van der Waals surface area contributed by atoms with Gasteiger partial charge in [-0.15, -0.1) is 0 Å². The average molecular weight is 247 g/mol. The molecule has 0 aliphatic carbocycles. The van der Waals surface area contributed by atoms with E-state index in [9.17, 15) is 9.59 Å². The van der Waals surface area contributed by atoms with Crippen LogP contribution in [0.25, 0.3) is 0 Å². The van der Waals surface area contributed by atoms with Crippen molar-refractivity contribution in [3.05, 3.63) is 0 Å². The summed E-state index contributed by atoms with van der Waals surface area (Å²) in [5, 5.41) is 11.2. The summed E-state index contributed by atoms with van der Waals surface area (Å²) >= 11 is 1.84. The molecule has 2 N–H and O–H groups in total. The van der Waals surface area contributed by atoms with Crippen molar-refractivity contribution in [3.63, 3.8) is 0 Å². The van der Waals surface area contributed by atoms with Crippen molar-refractivity contribution in [2.75, 3.05) is 18.6 Å². The first-order valence-corrected chi connectivity index (χ1v) is 6.98. The molecule has 0 rings (SSSR count). The van der Waals surface area contributed by atoms with Gasteiger partial charge in [0.15, 0.2) is 0 Å². The van der Waals surface area contributed by atoms with Crippen LogP contribution in [0.1, 0.15) is 32.6 Å². The molecule has 0 aromatic heterocycles. The number of carbonyl (C=O) groups excluding carboxylic acids is 1. The lowest BCUT2D eigenvalue weighted by Crippen LogP contribution is -2.34. The molecule has 4 nitrogen and oxygen atoms in total. The average Bonchev–Trinajstić information content (AvgIpc) is 2.26. The molecule has 0 heterocycles. The van der Waals surface area contributed by atoms with Crippen molar-refractivity contribution in [2.24, 2.45) is 5.92 Å². The third kappa shape index (κ3) is 7.56. The molecule has 0 fully saturated rings. The van der Waals surface area contributed by atoms with Crippen LogP contribution >= 0.6 is 11.8 Å². The fourth-order valence-corrected chi connectivity index (χ4v) is 1.69. The third-order valence-electron chi connectivity index (χ3n) is 2.34. The maximum Gasteiger partial charge on any atom is 0.315 e. The van der Waals surface area contributed by atoms with Crippen LogP contribution in [0, 0.1) is 5.92 Å². The summed E-state index contributed by atoms with van der Waals surface area (Å²) in [7, 11) is 0. The van der Waals surface area contributed by atoms with Crippen molar-refractivity contribution >= 4 is 23.6 Å². The van der Waals surface area contributed by atoms with E-state index in [0.717, 1.165) is 12.8 Å². The smallest absolute Gasteiger partial charge is 0.315 e. The topological polar surface area (TPSA) is 66.4 Å². The number of hydrogen-bond acceptors (Lipinski definition) is 3. The van der Waals surface area contributed by atoms with Gasteiger partial charge >= 0.3 is 5.97 Å². The number of rotatable bonds is 9. The molecule has 1 atom stereocenters. The zero-order valence-corrected chi connectivity index (χ0v) is 10.8. The van der Waals surface area contributed by atoms with Crippen molar-refractivity contribution < 1.29 is 14.7 Å². The van der Waals surface area contributed by atoms with Crippen LogP contribution in [-0.2, 0) is 9.59 Å². The molecular formula is C11H21NO3S. The van der Waals surface area contributed by atoms with Crippen molar-refractivity contribution in [1.29, 1.82) is 0 Å². The van der Waals surface area contributed by atoms with Crippen LogP contribution in [0.5, 0.6) is 0 Å². The van der Waals surface area contributed by atoms with Crippen LogP contribution in [0.15, 0.2) is 0 Å². The number of thioether (sulfide) groups is 1. The summed E-state index contributed by atoms with van der Waals surface area (Å²) in [6, 6.07) is 0. The van der Waals surface area contributed by atoms with Gasteiger partial charge in [0.25, 0.3) is 0 Å². The fourth-order valence-electron chi connectivity index (χ4n) is 1.20. The van der Waals surface area contributed by atoms with Gasteiger partial charge in [0.2, 0.25) is 5.91 Å². The third-order valence-corrected chi connectivity index (χ3v) is 3.04. The molecule has 0 radical (unpaired) electrons. The first kappa shape index (κ1) is 15.3. The molecule has 0 aromatic rings. The Morgan fingerprint density at radius 3 is 2.44 bits per heavy atom. The molecule has 0 aliphatic rings. The van der Waals surface area contributed by atoms with Gasteiger partial charge in [-0.1, -0.05) is 12.8 Å². The molecule has 0 spiro atoms. The number of carboxylic acid groups (broad SMARTS) is 1. The van der Waals surface area contributed by atoms with Gasteiger partial charge in [0.1, 0.15) is 5.92 Å². The van der Waals surface area contributed by atoms with E-state index in [1.807, 2.05) is 11.8 Å². The Bertz CT molecular complexity index is 221. The zero-order valence-electron chi connectivity index (χ0n) is 9.99. The van der Waals surface area contributed by atoms with Gasteiger partial charge in [-0.2, -0.15) is 11.8 Å². The Morgan fingerprint density at radius 1 is 1.25 bits per heavy atom. The van der Waals surface area contributed by atoms with Crippen LogP contribution < -0.4 is 5.32 Å². The largest absolute Gasteiger partial charge is 0.481 e. The van der Waals surface area contributed by atoms with Crippen LogP contribution in [-0.4, -0.2) is 35.5 Å². The fraction of sp³-hybridized carbons (Fsp3) is 0.818. The maximum absolute atomic E-state index is 11.2. The minimum atomic E-state index is -1.07. The van der Waals surface area contributed by atoms with E-state index >= 15 is 0 Å². The lowest BCUT2D eigenvalue weighted by Gasteiger charge is -2.07. The Hall–Kier alpha value is -0.710. The Balaban J connectivity index is 3.38. The summed E-state index contributed by atoms with van der Waals surface area (Å²) in [6.07, 6.45) is 6.48. The molecule has 0 aliphatic heterocycles. The SMILES string of the molecule is CSCCCCCCNC(=O)C(C)C(=O)O. The van der Waals surface area contributed by atoms with E-state index < -0.39 is 17.8 Å². The number of aliphatic carboxylic acids is 1. The van der Waals surface area contributed by atoms with Gasteiger partial charge in [0.05, 0.1) is 0 Å². The molecule has 1 unspecified atom stereocenters. The summed E-state index contributed by atoms with van der Waals surface area (Å²) in [6.45, 7) is 1.98. The molecule has 5 heteroatoms. The monoisotopic (exact) mass is 247 g/mol. The second-order valence-electron chi connectivity index (χ2n) is 3.76. The van der Waals surface area contributed by atoms with Crippen molar-refractivity contribution in [1.82, 2.24) is 5.32 Å². The summed E-state index contributed by atoms with van der Waals surface area (Å²) in [5.74, 6) is -1.23. The highest BCUT2D eigenvalue weighted by Crippen LogP contribution is 2.04. The highest BCUT2D eigenvalue weighted by molar-refractivity contribution is 7.98. The summed E-state index contributed by atoms with van der Waals surface area (Å²) in [4.78, 5) is 21.7. The number of amides is 1. The van der Waals surface area contributed by atoms with E-state index in [0.29, 0.717) is 6.54 Å². The van der Waals surface area contributed by atoms with Crippen molar-refractivity contribution in [3.8, 4) is 0 Å². The Morgan fingerprint density at radius 2 is 1.88 bits per heavy atom. The van der Waals surface area contributed by atoms with Crippen LogP contribution in [0.3, 0.4) is 0 Å². The van der Waals surface area contributed by atoms with Crippen LogP contribution in [0.2, 0.25) is 0 Å². The molecule has 0 saturated heterocycles. The van der Waals surface area contributed by atoms with Gasteiger partial charge < -0.3 is 10.4 Å². The molecule has 1 amide bonds. The molecule has 16 heavy (non-hydrogen) atoms. The maximum atomic E-state index is 11.2. The molecular weight excluding hydrogens is 226 g/mol. The number of carboxylic acids is 1. The zero-order chi connectivity index (χ0) is 12.4. The quantitative estimate of drug-likeness (QED) is 0.481. The lowest BCUT2D eigenvalue weighted by molar-refractivity contribution is -0.146. The number of unbranched alkanes of at least 4 members (excludes halogenated alkanes) is 3. The van der Waals surface area contributed by atoms with Gasteiger partial charge in [-0.3, -0.25) is 9.59 Å². The highest BCUT2D eigenvalue weighted by Gasteiger charge is 2.19. The second-order valence-corrected chi connectivity index (χ2v) is 4.74. The number of hydrogen-bond donors (Lipinski definition) is 2. The summed E-state index contributed by atoms with van der Waals surface area (Å²) < 4.78 is 0. The lowest BCUT2D eigenvalue weighted by atomic mass is 10.1. The first-order chi connectivity index (χ1) is 7.59. The van der Waals surface area contributed by atoms with Crippen LogP contribution in [0.4, 0.5) is 0 Å². The molecule has 0 bridgehead atoms. The second kappa shape index (κ2) is 9.51. The Kier molecular flexibility index (Phi) is 9.09. The van der Waals surface area contributed by atoms with E-state index in [4.69, 9.17) is 5.11 Å². The van der Waals surface area contributed by atoms with Gasteiger partial charge in [-0.25, -0.2) is 0 Å². The molecule has 0 aromatic carbocycles. The van der Waals surface area contributed by atoms with Gasteiger partial charge in [0, 0.05) is 6.54 Å². The highest BCUT2D eigenvalue weighted by atomic mass is 32.2. The van der Waals surface area contributed by atoms with E-state index in [-0.39, 0.29) is 0 Å². The first-order valence-electron chi connectivity index (χ1n) is 5.59. The molecule has 94 valence electrons. The Labute approximate surface area is 101 Å². The number of nitrogens with one attached hydrogen (secondary N) is 1. The minimum Gasteiger partial charge on any atom is -0.481 e. The van der Waals surface area contributed by atoms with E-state index in [1.54, 1.807) is 0 Å². The predicted molar refractivity (Wildman–Crippen MR) is 66.7 cm³/mol. The van der Waals surface area contributed by atoms with Gasteiger partial charge in [-0.05, 0) is 31.8 Å². The standard InChI is InChI=1S/C11H21NO3S/c1-9(11(14)15)10(13)12-7-5-3-4-6-8-16-2/h9H,3-8H2,1-2H3,(H,12,13)(H,14,15). The predicted octanol–water partition coefficient (Wildman–Crippen LogP) is 1.75. The number of carbonyl (C=O) groups is 2. The minimum absolute atomic E-state index is 0.392.